The van der Waals surface area contributed by atoms with Gasteiger partial charge in [-0.1, -0.05) is 43.8 Å². The van der Waals surface area contributed by atoms with E-state index in [1.807, 2.05) is 73.3 Å². The summed E-state index contributed by atoms with van der Waals surface area (Å²) >= 11 is 1.17. The number of rotatable bonds is 9. The van der Waals surface area contributed by atoms with Gasteiger partial charge < -0.3 is 24.3 Å². The minimum absolute atomic E-state index is 0.0261. The van der Waals surface area contributed by atoms with Crippen molar-refractivity contribution in [3.8, 4) is 5.75 Å². The smallest absolute Gasteiger partial charge is 0.277 e. The highest BCUT2D eigenvalue weighted by molar-refractivity contribution is 7.99. The SMILES string of the molecule is CC(C)C(=O)N1CCN(c2ccc(NC(=O)CSc3nnc(COc4ccccc4)o3)cc2)CC1. The average Bonchev–Trinajstić information content (AvgIpc) is 3.35. The molecule has 35 heavy (non-hydrogen) atoms. The molecule has 2 heterocycles. The van der Waals surface area contributed by atoms with Crippen LogP contribution in [-0.2, 0) is 16.2 Å². The molecule has 0 spiro atoms. The zero-order valence-electron chi connectivity index (χ0n) is 19.8. The Labute approximate surface area is 208 Å². The van der Waals surface area contributed by atoms with Crippen LogP contribution in [0.1, 0.15) is 19.7 Å². The van der Waals surface area contributed by atoms with Crippen LogP contribution in [0.15, 0.2) is 64.2 Å². The van der Waals surface area contributed by atoms with E-state index in [1.54, 1.807) is 0 Å². The normalized spacial score (nSPS) is 13.7. The number of nitrogens with zero attached hydrogens (tertiary/aromatic N) is 4. The maximum atomic E-state index is 12.4. The molecule has 0 saturated carbocycles. The molecule has 0 unspecified atom stereocenters. The Hall–Kier alpha value is -3.53. The quantitative estimate of drug-likeness (QED) is 0.449. The molecule has 4 rings (SSSR count). The summed E-state index contributed by atoms with van der Waals surface area (Å²) in [5, 5.41) is 11.1. The number of carbonyl (C=O) groups excluding carboxylic acids is 2. The number of hydrogen-bond donors (Lipinski definition) is 1. The number of anilines is 2. The summed E-state index contributed by atoms with van der Waals surface area (Å²) < 4.78 is 11.1. The van der Waals surface area contributed by atoms with Crippen LogP contribution in [0.3, 0.4) is 0 Å². The third-order valence-electron chi connectivity index (χ3n) is 5.48. The van der Waals surface area contributed by atoms with Gasteiger partial charge in [-0.2, -0.15) is 0 Å². The van der Waals surface area contributed by atoms with Crippen molar-refractivity contribution in [3.63, 3.8) is 0 Å². The Morgan fingerprint density at radius 2 is 1.74 bits per heavy atom. The van der Waals surface area contributed by atoms with Crippen molar-refractivity contribution in [3.05, 3.63) is 60.5 Å². The van der Waals surface area contributed by atoms with Crippen LogP contribution < -0.4 is 15.0 Å². The summed E-state index contributed by atoms with van der Waals surface area (Å²) in [4.78, 5) is 28.7. The zero-order chi connectivity index (χ0) is 24.6. The molecule has 0 radical (unpaired) electrons. The minimum atomic E-state index is -0.163. The van der Waals surface area contributed by atoms with Gasteiger partial charge in [0, 0.05) is 43.5 Å². The number of piperazine rings is 1. The van der Waals surface area contributed by atoms with Gasteiger partial charge in [0.2, 0.25) is 11.8 Å². The fourth-order valence-electron chi connectivity index (χ4n) is 3.65. The van der Waals surface area contributed by atoms with Gasteiger partial charge >= 0.3 is 0 Å². The van der Waals surface area contributed by atoms with Crippen molar-refractivity contribution in [2.75, 3.05) is 42.1 Å². The van der Waals surface area contributed by atoms with E-state index in [1.165, 1.54) is 11.8 Å². The number of ether oxygens (including phenoxy) is 1. The molecule has 1 saturated heterocycles. The maximum absolute atomic E-state index is 12.4. The predicted octanol–water partition coefficient (Wildman–Crippen LogP) is 3.68. The van der Waals surface area contributed by atoms with Crippen LogP contribution in [0.2, 0.25) is 0 Å². The second kappa shape index (κ2) is 11.7. The van der Waals surface area contributed by atoms with Crippen LogP contribution in [-0.4, -0.2) is 58.8 Å². The molecule has 10 heteroatoms. The van der Waals surface area contributed by atoms with Crippen molar-refractivity contribution in [2.45, 2.75) is 25.7 Å². The third kappa shape index (κ3) is 6.98. The van der Waals surface area contributed by atoms with Gasteiger partial charge in [0.05, 0.1) is 5.75 Å². The molecule has 2 amide bonds. The van der Waals surface area contributed by atoms with E-state index >= 15 is 0 Å². The molecule has 3 aromatic rings. The molecule has 0 atom stereocenters. The molecular formula is C25H29N5O4S. The van der Waals surface area contributed by atoms with E-state index in [9.17, 15) is 9.59 Å². The standard InChI is InChI=1S/C25H29N5O4S/c1-18(2)24(32)30-14-12-29(13-15-30)20-10-8-19(9-11-20)26-22(31)17-35-25-28-27-23(34-25)16-33-21-6-4-3-5-7-21/h3-11,18H,12-17H2,1-2H3,(H,26,31). The van der Waals surface area contributed by atoms with Crippen molar-refractivity contribution in [1.29, 1.82) is 0 Å². The average molecular weight is 496 g/mol. The Balaban J connectivity index is 1.19. The number of carbonyl (C=O) groups is 2. The predicted molar refractivity (Wildman–Crippen MR) is 134 cm³/mol. The molecule has 0 aliphatic carbocycles. The third-order valence-corrected chi connectivity index (χ3v) is 6.30. The number of amides is 2. The zero-order valence-corrected chi connectivity index (χ0v) is 20.7. The van der Waals surface area contributed by atoms with Gasteiger partial charge in [0.1, 0.15) is 5.75 Å². The van der Waals surface area contributed by atoms with Crippen LogP contribution in [0.25, 0.3) is 0 Å². The van der Waals surface area contributed by atoms with Gasteiger partial charge in [-0.15, -0.1) is 10.2 Å². The molecule has 1 aromatic heterocycles. The summed E-state index contributed by atoms with van der Waals surface area (Å²) in [6.45, 7) is 7.07. The van der Waals surface area contributed by atoms with E-state index in [0.717, 1.165) is 37.6 Å². The highest BCUT2D eigenvalue weighted by Crippen LogP contribution is 2.21. The van der Waals surface area contributed by atoms with E-state index in [-0.39, 0.29) is 30.1 Å². The molecule has 1 N–H and O–H groups in total. The molecule has 1 aliphatic rings. The van der Waals surface area contributed by atoms with E-state index in [0.29, 0.717) is 16.9 Å². The number of hydrogen-bond acceptors (Lipinski definition) is 8. The highest BCUT2D eigenvalue weighted by Gasteiger charge is 2.23. The first-order chi connectivity index (χ1) is 17.0. The molecule has 1 aliphatic heterocycles. The lowest BCUT2D eigenvalue weighted by atomic mass is 10.1. The molecule has 1 fully saturated rings. The summed E-state index contributed by atoms with van der Waals surface area (Å²) in [7, 11) is 0. The van der Waals surface area contributed by atoms with Crippen molar-refractivity contribution in [1.82, 2.24) is 15.1 Å². The van der Waals surface area contributed by atoms with Crippen molar-refractivity contribution >= 4 is 35.0 Å². The largest absolute Gasteiger partial charge is 0.484 e. The lowest BCUT2D eigenvalue weighted by Gasteiger charge is -2.37. The number of para-hydroxylation sites is 1. The molecule has 9 nitrogen and oxygen atoms in total. The van der Waals surface area contributed by atoms with Gasteiger partial charge in [-0.05, 0) is 36.4 Å². The number of thioether (sulfide) groups is 1. The summed E-state index contributed by atoms with van der Waals surface area (Å²) in [6.07, 6.45) is 0. The summed E-state index contributed by atoms with van der Waals surface area (Å²) in [5.74, 6) is 1.28. The van der Waals surface area contributed by atoms with Gasteiger partial charge in [-0.3, -0.25) is 9.59 Å². The second-order valence-electron chi connectivity index (χ2n) is 8.41. The van der Waals surface area contributed by atoms with Crippen LogP contribution in [0.4, 0.5) is 11.4 Å². The molecule has 2 aromatic carbocycles. The van der Waals surface area contributed by atoms with Crippen molar-refractivity contribution < 1.29 is 18.7 Å². The number of aromatic nitrogens is 2. The summed E-state index contributed by atoms with van der Waals surface area (Å²) in [5.41, 5.74) is 1.79. The maximum Gasteiger partial charge on any atom is 0.277 e. The first-order valence-corrected chi connectivity index (χ1v) is 12.5. The van der Waals surface area contributed by atoms with E-state index in [2.05, 4.69) is 20.4 Å². The monoisotopic (exact) mass is 495 g/mol. The fourth-order valence-corrected chi connectivity index (χ4v) is 4.23. The molecule has 0 bridgehead atoms. The highest BCUT2D eigenvalue weighted by atomic mass is 32.2. The topological polar surface area (TPSA) is 101 Å². The number of nitrogens with one attached hydrogen (secondary N) is 1. The first kappa shape index (κ1) is 24.6. The van der Waals surface area contributed by atoms with E-state index in [4.69, 9.17) is 9.15 Å². The second-order valence-corrected chi connectivity index (χ2v) is 9.34. The Bertz CT molecular complexity index is 1110. The van der Waals surface area contributed by atoms with Crippen LogP contribution in [0.5, 0.6) is 5.75 Å². The lowest BCUT2D eigenvalue weighted by Crippen LogP contribution is -2.49. The lowest BCUT2D eigenvalue weighted by molar-refractivity contribution is -0.134. The Morgan fingerprint density at radius 1 is 1.03 bits per heavy atom. The first-order valence-electron chi connectivity index (χ1n) is 11.5. The fraction of sp³-hybridized carbons (Fsp3) is 0.360. The minimum Gasteiger partial charge on any atom is -0.484 e. The van der Waals surface area contributed by atoms with Crippen LogP contribution in [0, 0.1) is 5.92 Å². The molecular weight excluding hydrogens is 466 g/mol. The van der Waals surface area contributed by atoms with E-state index < -0.39 is 0 Å². The number of benzene rings is 2. The van der Waals surface area contributed by atoms with Gasteiger partial charge in [-0.25, -0.2) is 0 Å². The van der Waals surface area contributed by atoms with Crippen LogP contribution >= 0.6 is 11.8 Å². The van der Waals surface area contributed by atoms with Gasteiger partial charge in [0.15, 0.2) is 6.61 Å². The Morgan fingerprint density at radius 3 is 2.43 bits per heavy atom. The Kier molecular flexibility index (Phi) is 8.25. The summed E-state index contributed by atoms with van der Waals surface area (Å²) in [6, 6.07) is 17.1. The van der Waals surface area contributed by atoms with Crippen molar-refractivity contribution in [2.24, 2.45) is 5.92 Å². The van der Waals surface area contributed by atoms with Gasteiger partial charge in [0.25, 0.3) is 11.1 Å². The molecule has 184 valence electrons.